The summed E-state index contributed by atoms with van der Waals surface area (Å²) in [5.41, 5.74) is 0.910. The van der Waals surface area contributed by atoms with Crippen LogP contribution in [0.25, 0.3) is 0 Å². The molecule has 10 heteroatoms. The van der Waals surface area contributed by atoms with Gasteiger partial charge in [-0.2, -0.15) is 4.31 Å². The molecule has 0 radical (unpaired) electrons. The summed E-state index contributed by atoms with van der Waals surface area (Å²) in [6.07, 6.45) is -0.594. The summed E-state index contributed by atoms with van der Waals surface area (Å²) in [4.78, 5) is 24.9. The Morgan fingerprint density at radius 3 is 2.21 bits per heavy atom. The van der Waals surface area contributed by atoms with Gasteiger partial charge in [0.1, 0.15) is 5.75 Å². The first-order chi connectivity index (χ1) is 15.6. The molecular weight excluding hydrogens is 446 g/mol. The van der Waals surface area contributed by atoms with E-state index in [1.54, 1.807) is 38.1 Å². The molecule has 0 saturated heterocycles. The van der Waals surface area contributed by atoms with Crippen molar-refractivity contribution in [3.63, 3.8) is 0 Å². The van der Waals surface area contributed by atoms with Crippen molar-refractivity contribution < 1.29 is 27.5 Å². The maximum absolute atomic E-state index is 13.0. The van der Waals surface area contributed by atoms with Gasteiger partial charge in [-0.05, 0) is 42.3 Å². The summed E-state index contributed by atoms with van der Waals surface area (Å²) in [6.45, 7) is 8.27. The van der Waals surface area contributed by atoms with Crippen LogP contribution in [0.4, 0.5) is 16.2 Å². The highest BCUT2D eigenvalue weighted by Gasteiger charge is 2.24. The third kappa shape index (κ3) is 6.93. The van der Waals surface area contributed by atoms with Crippen molar-refractivity contribution in [2.24, 2.45) is 5.92 Å². The van der Waals surface area contributed by atoms with Crippen LogP contribution in [0.2, 0.25) is 0 Å². The maximum atomic E-state index is 13.0. The first-order valence-electron chi connectivity index (χ1n) is 10.7. The van der Waals surface area contributed by atoms with Gasteiger partial charge < -0.3 is 14.8 Å². The van der Waals surface area contributed by atoms with Crippen molar-refractivity contribution >= 4 is 33.4 Å². The molecule has 0 aliphatic heterocycles. The molecule has 0 aromatic heterocycles. The van der Waals surface area contributed by atoms with Crippen LogP contribution >= 0.6 is 0 Å². The van der Waals surface area contributed by atoms with E-state index < -0.39 is 22.0 Å². The second-order valence-corrected chi connectivity index (χ2v) is 9.54. The molecule has 0 fully saturated rings. The zero-order valence-electron chi connectivity index (χ0n) is 19.5. The van der Waals surface area contributed by atoms with Gasteiger partial charge in [-0.15, -0.1) is 0 Å². The van der Waals surface area contributed by atoms with E-state index in [0.717, 1.165) is 0 Å². The van der Waals surface area contributed by atoms with E-state index in [1.165, 1.54) is 29.6 Å². The smallest absolute Gasteiger partial charge is 0.411 e. The molecule has 2 aromatic rings. The van der Waals surface area contributed by atoms with E-state index in [0.29, 0.717) is 24.5 Å². The lowest BCUT2D eigenvalue weighted by Crippen LogP contribution is -2.30. The minimum atomic E-state index is -3.75. The zero-order chi connectivity index (χ0) is 24.6. The molecule has 0 aliphatic rings. The highest BCUT2D eigenvalue weighted by Crippen LogP contribution is 2.26. The van der Waals surface area contributed by atoms with Crippen LogP contribution in [0.3, 0.4) is 0 Å². The third-order valence-electron chi connectivity index (χ3n) is 4.67. The summed E-state index contributed by atoms with van der Waals surface area (Å²) in [7, 11) is -2.35. The Morgan fingerprint density at radius 1 is 1.00 bits per heavy atom. The Hall–Kier alpha value is -3.11. The normalized spacial score (nSPS) is 11.4. The minimum absolute atomic E-state index is 0.000431. The summed E-state index contributed by atoms with van der Waals surface area (Å²) < 4.78 is 37.4. The number of sulfonamides is 1. The predicted molar refractivity (Wildman–Crippen MR) is 127 cm³/mol. The van der Waals surface area contributed by atoms with E-state index >= 15 is 0 Å². The fourth-order valence-electron chi connectivity index (χ4n) is 3.01. The second kappa shape index (κ2) is 11.7. The first kappa shape index (κ1) is 26.1. The number of methoxy groups -OCH3 is 1. The average molecular weight is 478 g/mol. The number of rotatable bonds is 10. The third-order valence-corrected chi connectivity index (χ3v) is 6.72. The summed E-state index contributed by atoms with van der Waals surface area (Å²) in [6, 6.07) is 10.7. The molecule has 9 nitrogen and oxygen atoms in total. The van der Waals surface area contributed by atoms with Crippen molar-refractivity contribution in [1.82, 2.24) is 4.31 Å². The standard InChI is InChI=1S/C23H31N3O6S/c1-6-26(7-2)33(29,30)19-11-12-21(31-5)20(14-19)22(27)24-17-9-8-10-18(13-17)25-23(28)32-15-16(3)4/h8-14,16H,6-7,15H2,1-5H3,(H,24,27)(H,25,28). The molecule has 2 amide bonds. The van der Waals surface area contributed by atoms with Crippen LogP contribution in [0.1, 0.15) is 38.1 Å². The number of anilines is 2. The Morgan fingerprint density at radius 2 is 1.64 bits per heavy atom. The van der Waals surface area contributed by atoms with Crippen LogP contribution in [0.15, 0.2) is 47.4 Å². The lowest BCUT2D eigenvalue weighted by Gasteiger charge is -2.19. The second-order valence-electron chi connectivity index (χ2n) is 7.60. The molecule has 180 valence electrons. The van der Waals surface area contributed by atoms with Gasteiger partial charge in [-0.1, -0.05) is 33.8 Å². The number of ether oxygens (including phenoxy) is 2. The molecule has 33 heavy (non-hydrogen) atoms. The van der Waals surface area contributed by atoms with E-state index in [4.69, 9.17) is 9.47 Å². The van der Waals surface area contributed by atoms with Gasteiger partial charge in [0, 0.05) is 24.5 Å². The summed E-state index contributed by atoms with van der Waals surface area (Å²) >= 11 is 0. The molecule has 2 aromatic carbocycles. The fourth-order valence-corrected chi connectivity index (χ4v) is 4.49. The largest absolute Gasteiger partial charge is 0.496 e. The Balaban J connectivity index is 2.25. The monoisotopic (exact) mass is 477 g/mol. The predicted octanol–water partition coefficient (Wildman–Crippen LogP) is 4.18. The van der Waals surface area contributed by atoms with Gasteiger partial charge in [0.15, 0.2) is 0 Å². The Labute approximate surface area is 195 Å². The van der Waals surface area contributed by atoms with E-state index in [2.05, 4.69) is 10.6 Å². The number of carbonyl (C=O) groups excluding carboxylic acids is 2. The molecule has 0 aliphatic carbocycles. The van der Waals surface area contributed by atoms with E-state index in [9.17, 15) is 18.0 Å². The number of carbonyl (C=O) groups is 2. The molecule has 0 atom stereocenters. The van der Waals surface area contributed by atoms with E-state index in [-0.39, 0.29) is 28.7 Å². The first-order valence-corrected chi connectivity index (χ1v) is 12.1. The van der Waals surface area contributed by atoms with Crippen LogP contribution in [0, 0.1) is 5.92 Å². The lowest BCUT2D eigenvalue weighted by molar-refractivity contribution is 0.102. The molecule has 2 rings (SSSR count). The zero-order valence-corrected chi connectivity index (χ0v) is 20.4. The van der Waals surface area contributed by atoms with Gasteiger partial charge in [0.2, 0.25) is 10.0 Å². The van der Waals surface area contributed by atoms with Gasteiger partial charge >= 0.3 is 6.09 Å². The quantitative estimate of drug-likeness (QED) is 0.531. The molecule has 0 saturated carbocycles. The van der Waals surface area contributed by atoms with Crippen molar-refractivity contribution in [3.8, 4) is 5.75 Å². The molecule has 0 bridgehead atoms. The van der Waals surface area contributed by atoms with Gasteiger partial charge in [0.25, 0.3) is 5.91 Å². The molecule has 0 heterocycles. The van der Waals surface area contributed by atoms with Crippen LogP contribution in [0.5, 0.6) is 5.75 Å². The Kier molecular flexibility index (Phi) is 9.24. The van der Waals surface area contributed by atoms with Crippen LogP contribution in [-0.2, 0) is 14.8 Å². The SMILES string of the molecule is CCN(CC)S(=O)(=O)c1ccc(OC)c(C(=O)Nc2cccc(NC(=O)OCC(C)C)c2)c1. The van der Waals surface area contributed by atoms with Crippen molar-refractivity contribution in [2.75, 3.05) is 37.4 Å². The topological polar surface area (TPSA) is 114 Å². The van der Waals surface area contributed by atoms with Crippen LogP contribution < -0.4 is 15.4 Å². The van der Waals surface area contributed by atoms with Gasteiger partial charge in [-0.25, -0.2) is 13.2 Å². The fraction of sp³-hybridized carbons (Fsp3) is 0.391. The van der Waals surface area contributed by atoms with E-state index in [1.807, 2.05) is 13.8 Å². The molecular formula is C23H31N3O6S. The van der Waals surface area contributed by atoms with Crippen LogP contribution in [-0.4, -0.2) is 51.5 Å². The molecule has 0 unspecified atom stereocenters. The van der Waals surface area contributed by atoms with Gasteiger partial charge in [-0.3, -0.25) is 10.1 Å². The number of hydrogen-bond donors (Lipinski definition) is 2. The minimum Gasteiger partial charge on any atom is -0.496 e. The van der Waals surface area contributed by atoms with Crippen molar-refractivity contribution in [3.05, 3.63) is 48.0 Å². The molecule has 2 N–H and O–H groups in total. The summed E-state index contributed by atoms with van der Waals surface area (Å²) in [5.74, 6) is -0.113. The number of nitrogens with zero attached hydrogens (tertiary/aromatic N) is 1. The number of nitrogens with one attached hydrogen (secondary N) is 2. The number of hydrogen-bond acceptors (Lipinski definition) is 6. The Bertz CT molecular complexity index is 1080. The number of benzene rings is 2. The van der Waals surface area contributed by atoms with Crippen molar-refractivity contribution in [2.45, 2.75) is 32.6 Å². The maximum Gasteiger partial charge on any atom is 0.411 e. The van der Waals surface area contributed by atoms with Crippen molar-refractivity contribution in [1.29, 1.82) is 0 Å². The highest BCUT2D eigenvalue weighted by molar-refractivity contribution is 7.89. The highest BCUT2D eigenvalue weighted by atomic mass is 32.2. The van der Waals surface area contributed by atoms with Gasteiger partial charge in [0.05, 0.1) is 24.2 Å². The summed E-state index contributed by atoms with van der Waals surface area (Å²) in [5, 5.41) is 5.32. The molecule has 0 spiro atoms. The average Bonchev–Trinajstić information content (AvgIpc) is 2.78. The lowest BCUT2D eigenvalue weighted by atomic mass is 10.1. The number of amides is 2.